The van der Waals surface area contributed by atoms with Gasteiger partial charge in [0.15, 0.2) is 11.5 Å². The van der Waals surface area contributed by atoms with Crippen LogP contribution in [-0.2, 0) is 13.1 Å². The van der Waals surface area contributed by atoms with E-state index in [1.54, 1.807) is 34.8 Å². The summed E-state index contributed by atoms with van der Waals surface area (Å²) in [5.74, 6) is 0.961. The van der Waals surface area contributed by atoms with Crippen LogP contribution >= 0.6 is 34.3 Å². The van der Waals surface area contributed by atoms with Gasteiger partial charge in [-0.25, -0.2) is 0 Å². The van der Waals surface area contributed by atoms with Crippen LogP contribution in [0.5, 0.6) is 11.5 Å². The van der Waals surface area contributed by atoms with E-state index in [2.05, 4.69) is 0 Å². The van der Waals surface area contributed by atoms with Crippen molar-refractivity contribution in [2.75, 3.05) is 13.2 Å². The Morgan fingerprint density at radius 1 is 1.04 bits per heavy atom. The second kappa shape index (κ2) is 7.70. The first-order chi connectivity index (χ1) is 12.7. The molecule has 1 aromatic carbocycles. The maximum absolute atomic E-state index is 13.2. The van der Waals surface area contributed by atoms with Gasteiger partial charge in [0.2, 0.25) is 0 Å². The minimum Gasteiger partial charge on any atom is -0.486 e. The molecule has 1 aliphatic rings. The highest BCUT2D eigenvalue weighted by Crippen LogP contribution is 2.38. The van der Waals surface area contributed by atoms with E-state index in [0.29, 0.717) is 48.4 Å². The first kappa shape index (κ1) is 17.4. The molecule has 0 aliphatic carbocycles. The largest absolute Gasteiger partial charge is 0.486 e. The molecular formula is C19H16ClNO3S2. The molecule has 7 heteroatoms. The van der Waals surface area contributed by atoms with E-state index in [1.165, 1.54) is 0 Å². The van der Waals surface area contributed by atoms with Crippen LogP contribution in [0.3, 0.4) is 0 Å². The van der Waals surface area contributed by atoms with Crippen molar-refractivity contribution in [2.24, 2.45) is 0 Å². The van der Waals surface area contributed by atoms with Gasteiger partial charge in [-0.15, -0.1) is 22.7 Å². The summed E-state index contributed by atoms with van der Waals surface area (Å²) in [6, 6.07) is 11.4. The number of carbonyl (C=O) groups is 1. The van der Waals surface area contributed by atoms with E-state index in [4.69, 9.17) is 21.1 Å². The fourth-order valence-electron chi connectivity index (χ4n) is 2.80. The highest BCUT2D eigenvalue weighted by atomic mass is 35.5. The summed E-state index contributed by atoms with van der Waals surface area (Å²) >= 11 is 9.59. The molecule has 0 radical (unpaired) electrons. The van der Waals surface area contributed by atoms with Crippen LogP contribution in [0.15, 0.2) is 47.2 Å². The third-order valence-electron chi connectivity index (χ3n) is 3.98. The van der Waals surface area contributed by atoms with Gasteiger partial charge in [-0.3, -0.25) is 4.79 Å². The normalized spacial score (nSPS) is 12.8. The van der Waals surface area contributed by atoms with Crippen LogP contribution in [0.25, 0.3) is 0 Å². The van der Waals surface area contributed by atoms with E-state index in [-0.39, 0.29) is 5.91 Å². The number of fused-ring (bicyclic) bond motifs is 1. The molecule has 4 nitrogen and oxygen atoms in total. The van der Waals surface area contributed by atoms with Crippen LogP contribution < -0.4 is 9.47 Å². The smallest absolute Gasteiger partial charge is 0.254 e. The van der Waals surface area contributed by atoms with Crippen LogP contribution in [0, 0.1) is 0 Å². The molecule has 1 amide bonds. The van der Waals surface area contributed by atoms with Gasteiger partial charge in [0.05, 0.1) is 18.1 Å². The molecular weight excluding hydrogens is 390 g/mol. The van der Waals surface area contributed by atoms with E-state index in [0.717, 1.165) is 9.75 Å². The zero-order valence-corrected chi connectivity index (χ0v) is 16.2. The van der Waals surface area contributed by atoms with E-state index in [9.17, 15) is 4.79 Å². The van der Waals surface area contributed by atoms with Gasteiger partial charge >= 0.3 is 0 Å². The predicted octanol–water partition coefficient (Wildman–Crippen LogP) is 5.08. The Labute approximate surface area is 164 Å². The fourth-order valence-corrected chi connectivity index (χ4v) is 4.50. The van der Waals surface area contributed by atoms with Crippen LogP contribution in [0.1, 0.15) is 20.1 Å². The maximum Gasteiger partial charge on any atom is 0.254 e. The van der Waals surface area contributed by atoms with Gasteiger partial charge in [-0.1, -0.05) is 23.7 Å². The molecule has 2 aromatic heterocycles. The Kier molecular flexibility index (Phi) is 5.15. The topological polar surface area (TPSA) is 38.8 Å². The van der Waals surface area contributed by atoms with Crippen LogP contribution in [0.4, 0.5) is 0 Å². The lowest BCUT2D eigenvalue weighted by molar-refractivity contribution is 0.0732. The molecule has 0 unspecified atom stereocenters. The van der Waals surface area contributed by atoms with Crippen molar-refractivity contribution in [3.63, 3.8) is 0 Å². The number of hydrogen-bond donors (Lipinski definition) is 0. The number of carbonyl (C=O) groups excluding carboxylic acids is 1. The SMILES string of the molecule is O=C(c1cc(Cl)c2c(c1)OCCO2)N(Cc1cccs1)Cc1cccs1. The van der Waals surface area contributed by atoms with Crippen molar-refractivity contribution in [1.82, 2.24) is 4.90 Å². The lowest BCUT2D eigenvalue weighted by atomic mass is 10.1. The minimum absolute atomic E-state index is 0.0781. The maximum atomic E-state index is 13.2. The Morgan fingerprint density at radius 2 is 1.69 bits per heavy atom. The third kappa shape index (κ3) is 3.72. The molecule has 0 saturated carbocycles. The second-order valence-electron chi connectivity index (χ2n) is 5.80. The van der Waals surface area contributed by atoms with Gasteiger partial charge in [0, 0.05) is 15.3 Å². The second-order valence-corrected chi connectivity index (χ2v) is 8.27. The summed E-state index contributed by atoms with van der Waals surface area (Å²) in [6.45, 7) is 2.03. The summed E-state index contributed by atoms with van der Waals surface area (Å²) in [7, 11) is 0. The molecule has 3 aromatic rings. The molecule has 0 spiro atoms. The average molecular weight is 406 g/mol. The predicted molar refractivity (Wildman–Crippen MR) is 105 cm³/mol. The van der Waals surface area contributed by atoms with Gasteiger partial charge in [0.1, 0.15) is 13.2 Å². The summed E-state index contributed by atoms with van der Waals surface area (Å²) in [5, 5.41) is 4.44. The number of halogens is 1. The summed E-state index contributed by atoms with van der Waals surface area (Å²) in [6.07, 6.45) is 0. The Balaban J connectivity index is 1.64. The van der Waals surface area contributed by atoms with Gasteiger partial charge in [-0.05, 0) is 35.0 Å². The molecule has 0 N–H and O–H groups in total. The van der Waals surface area contributed by atoms with Crippen molar-refractivity contribution < 1.29 is 14.3 Å². The molecule has 0 saturated heterocycles. The first-order valence-corrected chi connectivity index (χ1v) is 10.3. The standard InChI is InChI=1S/C19H16ClNO3S2/c20-16-9-13(10-17-18(16)24-6-5-23-17)19(22)21(11-14-3-1-7-25-14)12-15-4-2-8-26-15/h1-4,7-10H,5-6,11-12H2. The summed E-state index contributed by atoms with van der Waals surface area (Å²) < 4.78 is 11.2. The summed E-state index contributed by atoms with van der Waals surface area (Å²) in [5.41, 5.74) is 0.507. The highest BCUT2D eigenvalue weighted by Gasteiger charge is 2.23. The molecule has 0 bridgehead atoms. The van der Waals surface area contributed by atoms with Crippen LogP contribution in [0.2, 0.25) is 5.02 Å². The van der Waals surface area contributed by atoms with Crippen molar-refractivity contribution in [2.45, 2.75) is 13.1 Å². The Hall–Kier alpha value is -2.02. The minimum atomic E-state index is -0.0781. The van der Waals surface area contributed by atoms with Crippen molar-refractivity contribution in [3.8, 4) is 11.5 Å². The quantitative estimate of drug-likeness (QED) is 0.594. The van der Waals surface area contributed by atoms with Crippen molar-refractivity contribution in [3.05, 3.63) is 67.5 Å². The fraction of sp³-hybridized carbons (Fsp3) is 0.211. The molecule has 0 fully saturated rings. The van der Waals surface area contributed by atoms with Crippen molar-refractivity contribution >= 4 is 40.2 Å². The molecule has 0 atom stereocenters. The first-order valence-electron chi connectivity index (χ1n) is 8.14. The zero-order chi connectivity index (χ0) is 17.9. The number of thiophene rings is 2. The molecule has 134 valence electrons. The zero-order valence-electron chi connectivity index (χ0n) is 13.8. The molecule has 3 heterocycles. The molecule has 1 aliphatic heterocycles. The lowest BCUT2D eigenvalue weighted by Gasteiger charge is -2.24. The molecule has 26 heavy (non-hydrogen) atoms. The Bertz CT molecular complexity index is 858. The number of ether oxygens (including phenoxy) is 2. The van der Waals surface area contributed by atoms with Gasteiger partial charge in [-0.2, -0.15) is 0 Å². The van der Waals surface area contributed by atoms with E-state index in [1.807, 2.05) is 39.9 Å². The summed E-state index contributed by atoms with van der Waals surface area (Å²) in [4.78, 5) is 17.3. The van der Waals surface area contributed by atoms with Crippen molar-refractivity contribution in [1.29, 1.82) is 0 Å². The highest BCUT2D eigenvalue weighted by molar-refractivity contribution is 7.10. The number of amides is 1. The van der Waals surface area contributed by atoms with Gasteiger partial charge in [0.25, 0.3) is 5.91 Å². The number of rotatable bonds is 5. The van der Waals surface area contributed by atoms with Crippen LogP contribution in [-0.4, -0.2) is 24.0 Å². The third-order valence-corrected chi connectivity index (χ3v) is 5.99. The molecule has 4 rings (SSSR count). The lowest BCUT2D eigenvalue weighted by Crippen LogP contribution is -2.29. The number of hydrogen-bond acceptors (Lipinski definition) is 5. The monoisotopic (exact) mass is 405 g/mol. The van der Waals surface area contributed by atoms with Gasteiger partial charge < -0.3 is 14.4 Å². The number of benzene rings is 1. The number of nitrogens with zero attached hydrogens (tertiary/aromatic N) is 1. The van der Waals surface area contributed by atoms with E-state index < -0.39 is 0 Å². The van der Waals surface area contributed by atoms with E-state index >= 15 is 0 Å². The average Bonchev–Trinajstić information content (AvgIpc) is 3.34. The Morgan fingerprint density at radius 3 is 2.31 bits per heavy atom.